The highest BCUT2D eigenvalue weighted by molar-refractivity contribution is 9.10. The third kappa shape index (κ3) is 4.36. The van der Waals surface area contributed by atoms with Gasteiger partial charge in [0.15, 0.2) is 0 Å². The molecular weight excluding hydrogens is 482 g/mol. The van der Waals surface area contributed by atoms with E-state index in [1.54, 1.807) is 30.3 Å². The molecule has 0 radical (unpaired) electrons. The van der Waals surface area contributed by atoms with Crippen molar-refractivity contribution in [1.82, 2.24) is 5.32 Å². The highest BCUT2D eigenvalue weighted by Gasteiger charge is 2.38. The quantitative estimate of drug-likeness (QED) is 0.409. The van der Waals surface area contributed by atoms with Gasteiger partial charge in [0.1, 0.15) is 17.2 Å². The van der Waals surface area contributed by atoms with Crippen LogP contribution in [0.4, 0.5) is 19.3 Å². The van der Waals surface area contributed by atoms with Crippen molar-refractivity contribution in [2.75, 3.05) is 4.90 Å². The van der Waals surface area contributed by atoms with E-state index in [4.69, 9.17) is 0 Å². The lowest BCUT2D eigenvalue weighted by molar-refractivity contribution is -0.122. The maximum atomic E-state index is 14.2. The van der Waals surface area contributed by atoms with Crippen LogP contribution in [0.2, 0.25) is 0 Å². The van der Waals surface area contributed by atoms with Gasteiger partial charge >= 0.3 is 6.03 Å². The number of nitrogens with one attached hydrogen (secondary N) is 1. The number of para-hydroxylation sites is 1. The molecule has 160 valence electrons. The number of halogens is 3. The van der Waals surface area contributed by atoms with E-state index >= 15 is 0 Å². The highest BCUT2D eigenvalue weighted by Crippen LogP contribution is 2.27. The average molecular weight is 497 g/mol. The van der Waals surface area contributed by atoms with Crippen molar-refractivity contribution in [3.8, 4) is 0 Å². The molecule has 3 aromatic carbocycles. The molecule has 0 bridgehead atoms. The number of hydrogen-bond donors (Lipinski definition) is 1. The van der Waals surface area contributed by atoms with E-state index in [9.17, 15) is 23.2 Å². The van der Waals surface area contributed by atoms with Gasteiger partial charge in [-0.1, -0.05) is 46.3 Å². The zero-order chi connectivity index (χ0) is 22.8. The van der Waals surface area contributed by atoms with Crippen LogP contribution in [0.25, 0.3) is 6.08 Å². The topological polar surface area (TPSA) is 66.5 Å². The van der Waals surface area contributed by atoms with Gasteiger partial charge in [-0.15, -0.1) is 0 Å². The second-order valence-corrected chi connectivity index (χ2v) is 7.97. The van der Waals surface area contributed by atoms with Gasteiger partial charge < -0.3 is 0 Å². The number of benzene rings is 3. The van der Waals surface area contributed by atoms with Crippen molar-refractivity contribution in [2.24, 2.45) is 0 Å². The normalized spacial score (nSPS) is 15.3. The van der Waals surface area contributed by atoms with Gasteiger partial charge in [-0.2, -0.15) is 0 Å². The Kier molecular flexibility index (Phi) is 5.96. The van der Waals surface area contributed by atoms with Crippen LogP contribution in [0, 0.1) is 11.6 Å². The van der Waals surface area contributed by atoms with Crippen molar-refractivity contribution in [3.63, 3.8) is 0 Å². The number of barbiturate groups is 1. The predicted molar refractivity (Wildman–Crippen MR) is 119 cm³/mol. The molecule has 0 saturated carbocycles. The molecule has 1 aliphatic rings. The maximum absolute atomic E-state index is 14.2. The van der Waals surface area contributed by atoms with E-state index in [1.807, 2.05) is 0 Å². The summed E-state index contributed by atoms with van der Waals surface area (Å²) in [7, 11) is 0. The number of hydrogen-bond acceptors (Lipinski definition) is 3. The molecular formula is C24H15BrF2N2O3. The molecule has 1 heterocycles. The number of urea groups is 1. The first kappa shape index (κ1) is 21.6. The third-order valence-corrected chi connectivity index (χ3v) is 5.38. The van der Waals surface area contributed by atoms with Gasteiger partial charge in [0, 0.05) is 4.47 Å². The smallest absolute Gasteiger partial charge is 0.273 e. The molecule has 0 aromatic heterocycles. The van der Waals surface area contributed by atoms with Crippen molar-refractivity contribution in [1.29, 1.82) is 0 Å². The molecule has 0 aliphatic carbocycles. The Labute approximate surface area is 190 Å². The fourth-order valence-corrected chi connectivity index (χ4v) is 3.77. The van der Waals surface area contributed by atoms with E-state index < -0.39 is 23.7 Å². The van der Waals surface area contributed by atoms with Crippen LogP contribution >= 0.6 is 15.9 Å². The van der Waals surface area contributed by atoms with Crippen LogP contribution in [-0.4, -0.2) is 17.8 Å². The summed E-state index contributed by atoms with van der Waals surface area (Å²) in [6.45, 7) is 0. The lowest BCUT2D eigenvalue weighted by atomic mass is 9.97. The van der Waals surface area contributed by atoms with Crippen LogP contribution in [0.5, 0.6) is 0 Å². The van der Waals surface area contributed by atoms with Gasteiger partial charge in [-0.25, -0.2) is 18.5 Å². The van der Waals surface area contributed by atoms with Gasteiger partial charge in [-0.05, 0) is 65.6 Å². The molecule has 8 heteroatoms. The summed E-state index contributed by atoms with van der Waals surface area (Å²) in [5.74, 6) is -2.98. The van der Waals surface area contributed by atoms with Gasteiger partial charge in [0.25, 0.3) is 11.8 Å². The Morgan fingerprint density at radius 2 is 1.72 bits per heavy atom. The van der Waals surface area contributed by atoms with E-state index in [0.29, 0.717) is 26.9 Å². The van der Waals surface area contributed by atoms with Crippen molar-refractivity contribution >= 4 is 45.5 Å². The van der Waals surface area contributed by atoms with Crippen LogP contribution in [0.3, 0.4) is 0 Å². The highest BCUT2D eigenvalue weighted by atomic mass is 79.9. The Bertz CT molecular complexity index is 1290. The molecule has 3 aromatic rings. The first-order valence-electron chi connectivity index (χ1n) is 9.52. The van der Waals surface area contributed by atoms with Crippen LogP contribution in [-0.2, 0) is 16.0 Å². The largest absolute Gasteiger partial charge is 0.336 e. The SMILES string of the molecule is O=C1NC(=O)N(c2ccccc2F)C(=O)/C1=C\c1cc(Br)ccc1Cc1cccc(F)c1. The Balaban J connectivity index is 1.76. The van der Waals surface area contributed by atoms with E-state index in [2.05, 4.69) is 21.2 Å². The number of carbonyl (C=O) groups excluding carboxylic acids is 3. The summed E-state index contributed by atoms with van der Waals surface area (Å²) >= 11 is 3.37. The standard InChI is InChI=1S/C24H15BrF2N2O3/c25-17-9-8-15(10-14-4-3-5-18(26)11-14)16(12-17)13-19-22(30)28-24(32)29(23(19)31)21-7-2-1-6-20(21)27/h1-9,11-13H,10H2,(H,28,30,32)/b19-13-. The van der Waals surface area contributed by atoms with Gasteiger partial charge in [0.05, 0.1) is 5.69 Å². The Morgan fingerprint density at radius 1 is 0.938 bits per heavy atom. The minimum Gasteiger partial charge on any atom is -0.273 e. The molecule has 0 spiro atoms. The second-order valence-electron chi connectivity index (χ2n) is 7.06. The number of amides is 4. The molecule has 1 N–H and O–H groups in total. The number of rotatable bonds is 4. The molecule has 4 rings (SSSR count). The minimum atomic E-state index is -1.03. The maximum Gasteiger partial charge on any atom is 0.336 e. The van der Waals surface area contributed by atoms with Gasteiger partial charge in [0.2, 0.25) is 0 Å². The summed E-state index contributed by atoms with van der Waals surface area (Å²) in [5, 5.41) is 2.08. The van der Waals surface area contributed by atoms with Crippen molar-refractivity contribution in [3.05, 3.63) is 105 Å². The summed E-state index contributed by atoms with van der Waals surface area (Å²) in [4.78, 5) is 38.4. The third-order valence-electron chi connectivity index (χ3n) is 4.89. The fourth-order valence-electron chi connectivity index (χ4n) is 3.39. The number of nitrogens with zero attached hydrogens (tertiary/aromatic N) is 1. The van der Waals surface area contributed by atoms with E-state index in [0.717, 1.165) is 11.6 Å². The Hall–Kier alpha value is -3.65. The van der Waals surface area contributed by atoms with Crippen molar-refractivity contribution in [2.45, 2.75) is 6.42 Å². The summed E-state index contributed by atoms with van der Waals surface area (Å²) in [6.07, 6.45) is 1.69. The predicted octanol–water partition coefficient (Wildman–Crippen LogP) is 4.98. The first-order valence-corrected chi connectivity index (χ1v) is 10.3. The molecule has 32 heavy (non-hydrogen) atoms. The molecule has 0 unspecified atom stereocenters. The zero-order valence-corrected chi connectivity index (χ0v) is 18.0. The number of imide groups is 2. The summed E-state index contributed by atoms with van der Waals surface area (Å²) in [6, 6.07) is 15.6. The van der Waals surface area contributed by atoms with Crippen molar-refractivity contribution < 1.29 is 23.2 Å². The fraction of sp³-hybridized carbons (Fsp3) is 0.0417. The summed E-state index contributed by atoms with van der Waals surface area (Å²) in [5.41, 5.74) is 1.36. The average Bonchev–Trinajstić information content (AvgIpc) is 2.74. The van der Waals surface area contributed by atoms with Crippen LogP contribution in [0.15, 0.2) is 76.8 Å². The van der Waals surface area contributed by atoms with Crippen LogP contribution in [0.1, 0.15) is 16.7 Å². The first-order chi connectivity index (χ1) is 15.3. The monoisotopic (exact) mass is 496 g/mol. The Morgan fingerprint density at radius 3 is 2.47 bits per heavy atom. The zero-order valence-electron chi connectivity index (χ0n) is 16.4. The van der Waals surface area contributed by atoms with Gasteiger partial charge in [-0.3, -0.25) is 14.9 Å². The van der Waals surface area contributed by atoms with Crippen LogP contribution < -0.4 is 10.2 Å². The number of anilines is 1. The summed E-state index contributed by atoms with van der Waals surface area (Å²) < 4.78 is 28.5. The minimum absolute atomic E-state index is 0.261. The number of carbonyl (C=O) groups is 3. The molecule has 1 saturated heterocycles. The molecule has 1 aliphatic heterocycles. The lowest BCUT2D eigenvalue weighted by Gasteiger charge is -2.26. The van der Waals surface area contributed by atoms with E-state index in [-0.39, 0.29) is 17.1 Å². The second kappa shape index (κ2) is 8.84. The molecule has 5 nitrogen and oxygen atoms in total. The van der Waals surface area contributed by atoms with E-state index in [1.165, 1.54) is 36.4 Å². The molecule has 1 fully saturated rings. The lowest BCUT2D eigenvalue weighted by Crippen LogP contribution is -2.54. The molecule has 0 atom stereocenters. The molecule has 4 amide bonds.